The predicted molar refractivity (Wildman–Crippen MR) is 39.4 cm³/mol. The summed E-state index contributed by atoms with van der Waals surface area (Å²) in [5.41, 5.74) is 1.39. The summed E-state index contributed by atoms with van der Waals surface area (Å²) in [6, 6.07) is 0. The van der Waals surface area contributed by atoms with Gasteiger partial charge in [0.25, 0.3) is 0 Å². The lowest BCUT2D eigenvalue weighted by atomic mass is 9.93. The molecule has 0 bridgehead atoms. The van der Waals surface area contributed by atoms with Gasteiger partial charge in [0.15, 0.2) is 0 Å². The molecule has 0 spiro atoms. The fourth-order valence-electron chi connectivity index (χ4n) is 0.666. The molecule has 2 heteroatoms. The molecule has 2 nitrogen and oxygen atoms in total. The van der Waals surface area contributed by atoms with Crippen molar-refractivity contribution < 1.29 is 1.43 Å². The lowest BCUT2D eigenvalue weighted by Gasteiger charge is -2.14. The Morgan fingerprint density at radius 2 is 2.22 bits per heavy atom. The zero-order chi connectivity index (χ0) is 6.91. The first kappa shape index (κ1) is 6.33. The molecule has 1 N–H and O–H groups in total. The van der Waals surface area contributed by atoms with Crippen LogP contribution in [-0.4, -0.2) is 9.97 Å². The van der Waals surface area contributed by atoms with Crippen LogP contribution in [0.1, 0.15) is 27.9 Å². The number of nitrogens with zero attached hydrogens (tertiary/aromatic N) is 1. The highest BCUT2D eigenvalue weighted by atomic mass is 14.9. The number of hydrogen-bond donors (Lipinski definition) is 1. The van der Waals surface area contributed by atoms with Gasteiger partial charge in [-0.05, 0) is 0 Å². The van der Waals surface area contributed by atoms with Gasteiger partial charge >= 0.3 is 0 Å². The van der Waals surface area contributed by atoms with E-state index in [1.807, 2.05) is 6.20 Å². The Bertz CT molecular complexity index is 174. The van der Waals surface area contributed by atoms with Crippen LogP contribution in [0.2, 0.25) is 0 Å². The van der Waals surface area contributed by atoms with E-state index >= 15 is 0 Å². The van der Waals surface area contributed by atoms with Crippen LogP contribution in [0.5, 0.6) is 0 Å². The van der Waals surface area contributed by atoms with Gasteiger partial charge in [-0.2, -0.15) is 0 Å². The molecule has 0 aromatic carbocycles. The topological polar surface area (TPSA) is 28.7 Å². The number of imidazole rings is 1. The quantitative estimate of drug-likeness (QED) is 0.565. The van der Waals surface area contributed by atoms with Crippen LogP contribution < -0.4 is 0 Å². The molecule has 0 aliphatic carbocycles. The van der Waals surface area contributed by atoms with Crippen molar-refractivity contribution in [2.45, 2.75) is 26.2 Å². The third kappa shape index (κ3) is 1.31. The number of H-pyrrole nitrogens is 1. The van der Waals surface area contributed by atoms with Crippen molar-refractivity contribution in [3.63, 3.8) is 0 Å². The SMILES string of the molecule is CC(C)(C)c1cnc[nH]1.[HH]. The van der Waals surface area contributed by atoms with Gasteiger partial charge in [0.1, 0.15) is 0 Å². The molecule has 0 radical (unpaired) electrons. The minimum Gasteiger partial charge on any atom is -0.348 e. The van der Waals surface area contributed by atoms with Gasteiger partial charge in [0, 0.05) is 18.7 Å². The molecule has 1 rings (SSSR count). The second-order valence-electron chi connectivity index (χ2n) is 3.22. The largest absolute Gasteiger partial charge is 0.348 e. The van der Waals surface area contributed by atoms with Gasteiger partial charge in [-0.25, -0.2) is 4.98 Å². The first-order valence-electron chi connectivity index (χ1n) is 3.09. The van der Waals surface area contributed by atoms with Crippen molar-refractivity contribution in [3.8, 4) is 0 Å². The highest BCUT2D eigenvalue weighted by Crippen LogP contribution is 2.17. The van der Waals surface area contributed by atoms with E-state index < -0.39 is 0 Å². The third-order valence-corrected chi connectivity index (χ3v) is 1.31. The number of rotatable bonds is 0. The summed E-state index contributed by atoms with van der Waals surface area (Å²) in [4.78, 5) is 7.00. The third-order valence-electron chi connectivity index (χ3n) is 1.31. The van der Waals surface area contributed by atoms with Crippen molar-refractivity contribution in [2.24, 2.45) is 0 Å². The Morgan fingerprint density at radius 1 is 1.56 bits per heavy atom. The summed E-state index contributed by atoms with van der Waals surface area (Å²) in [7, 11) is 0. The van der Waals surface area contributed by atoms with E-state index in [-0.39, 0.29) is 6.84 Å². The summed E-state index contributed by atoms with van der Waals surface area (Å²) >= 11 is 0. The summed E-state index contributed by atoms with van der Waals surface area (Å²) in [5.74, 6) is 0. The van der Waals surface area contributed by atoms with Crippen LogP contribution in [0.3, 0.4) is 0 Å². The fourth-order valence-corrected chi connectivity index (χ4v) is 0.666. The lowest BCUT2D eigenvalue weighted by molar-refractivity contribution is 0.572. The monoisotopic (exact) mass is 126 g/mol. The number of aromatic nitrogens is 2. The van der Waals surface area contributed by atoms with Gasteiger partial charge < -0.3 is 4.98 Å². The Morgan fingerprint density at radius 3 is 2.44 bits per heavy atom. The molecule has 1 heterocycles. The maximum Gasteiger partial charge on any atom is 0.0921 e. The van der Waals surface area contributed by atoms with E-state index in [1.54, 1.807) is 6.33 Å². The molecule has 1 aromatic heterocycles. The Hall–Kier alpha value is -0.790. The number of hydrogen-bond acceptors (Lipinski definition) is 1. The molecule has 1 aromatic rings. The van der Waals surface area contributed by atoms with Crippen LogP contribution in [0, 0.1) is 0 Å². The van der Waals surface area contributed by atoms with E-state index in [0.29, 0.717) is 0 Å². The molecule has 0 amide bonds. The predicted octanol–water partition coefficient (Wildman–Crippen LogP) is 1.95. The average Bonchev–Trinajstić information content (AvgIpc) is 2.08. The van der Waals surface area contributed by atoms with Gasteiger partial charge in [0.2, 0.25) is 0 Å². The molecule has 52 valence electrons. The van der Waals surface area contributed by atoms with Crippen molar-refractivity contribution in [3.05, 3.63) is 18.2 Å². The molecule has 0 fully saturated rings. The van der Waals surface area contributed by atoms with Crippen molar-refractivity contribution in [1.82, 2.24) is 9.97 Å². The zero-order valence-electron chi connectivity index (χ0n) is 6.10. The Balaban J connectivity index is 0.000000810. The van der Waals surface area contributed by atoms with E-state index in [9.17, 15) is 0 Å². The first-order valence-corrected chi connectivity index (χ1v) is 3.09. The maximum atomic E-state index is 3.93. The first-order chi connectivity index (χ1) is 4.11. The highest BCUT2D eigenvalue weighted by molar-refractivity contribution is 5.07. The van der Waals surface area contributed by atoms with Gasteiger partial charge in [-0.3, -0.25) is 0 Å². The molecule has 0 saturated carbocycles. The average molecular weight is 126 g/mol. The summed E-state index contributed by atoms with van der Waals surface area (Å²) < 4.78 is 0. The van der Waals surface area contributed by atoms with E-state index in [1.165, 1.54) is 5.69 Å². The molecular weight excluding hydrogens is 112 g/mol. The van der Waals surface area contributed by atoms with E-state index in [0.717, 1.165) is 0 Å². The smallest absolute Gasteiger partial charge is 0.0921 e. The second kappa shape index (κ2) is 1.87. The zero-order valence-corrected chi connectivity index (χ0v) is 6.10. The van der Waals surface area contributed by atoms with Gasteiger partial charge in [0.05, 0.1) is 6.33 Å². The van der Waals surface area contributed by atoms with Crippen molar-refractivity contribution in [2.75, 3.05) is 0 Å². The molecule has 0 unspecified atom stereocenters. The highest BCUT2D eigenvalue weighted by Gasteiger charge is 2.13. The van der Waals surface area contributed by atoms with Crippen LogP contribution in [0.4, 0.5) is 0 Å². The number of aromatic amines is 1. The Labute approximate surface area is 56.8 Å². The van der Waals surface area contributed by atoms with Crippen LogP contribution in [0.25, 0.3) is 0 Å². The number of nitrogens with one attached hydrogen (secondary N) is 1. The Kier molecular flexibility index (Phi) is 1.31. The fraction of sp³-hybridized carbons (Fsp3) is 0.571. The minimum absolute atomic E-state index is 0. The molecule has 0 aliphatic heterocycles. The standard InChI is InChI=1S/C7H12N2.H2/c1-7(2,3)6-4-8-5-9-6;/h4-5H,1-3H3,(H,8,9);1H. The molecule has 0 saturated heterocycles. The van der Waals surface area contributed by atoms with Crippen LogP contribution in [0.15, 0.2) is 12.5 Å². The minimum atomic E-state index is 0. The van der Waals surface area contributed by atoms with Crippen molar-refractivity contribution >= 4 is 0 Å². The van der Waals surface area contributed by atoms with Crippen molar-refractivity contribution in [1.29, 1.82) is 0 Å². The molecular formula is C7H14N2. The normalized spacial score (nSPS) is 11.9. The molecule has 0 aliphatic rings. The van der Waals surface area contributed by atoms with Gasteiger partial charge in [-0.15, -0.1) is 0 Å². The van der Waals surface area contributed by atoms with E-state index in [4.69, 9.17) is 0 Å². The summed E-state index contributed by atoms with van der Waals surface area (Å²) in [6.45, 7) is 6.46. The van der Waals surface area contributed by atoms with Gasteiger partial charge in [-0.1, -0.05) is 20.8 Å². The van der Waals surface area contributed by atoms with Crippen LogP contribution >= 0.6 is 0 Å². The van der Waals surface area contributed by atoms with E-state index in [2.05, 4.69) is 30.7 Å². The summed E-state index contributed by atoms with van der Waals surface area (Å²) in [6.07, 6.45) is 3.57. The molecule has 9 heavy (non-hydrogen) atoms. The van der Waals surface area contributed by atoms with Crippen LogP contribution in [-0.2, 0) is 5.41 Å². The molecule has 0 atom stereocenters. The maximum absolute atomic E-state index is 3.93. The summed E-state index contributed by atoms with van der Waals surface area (Å²) in [5, 5.41) is 0. The lowest BCUT2D eigenvalue weighted by Crippen LogP contribution is -2.10. The second-order valence-corrected chi connectivity index (χ2v) is 3.22.